The number of carbonyl (C=O) groups excluding carboxylic acids is 1. The fourth-order valence-corrected chi connectivity index (χ4v) is 4.87. The van der Waals surface area contributed by atoms with Gasteiger partial charge < -0.3 is 15.5 Å². The second-order valence-corrected chi connectivity index (χ2v) is 9.25. The minimum absolute atomic E-state index is 0.102. The van der Waals surface area contributed by atoms with Gasteiger partial charge in [0.1, 0.15) is 22.2 Å². The molecule has 1 amide bonds. The second kappa shape index (κ2) is 7.12. The number of phenolic OH excluding ortho intramolecular Hbond substituents is 2. The number of hydrogen-bond acceptors (Lipinski definition) is 5. The molecule has 0 aliphatic heterocycles. The predicted molar refractivity (Wildman–Crippen MR) is 100 cm³/mol. The summed E-state index contributed by atoms with van der Waals surface area (Å²) in [5.41, 5.74) is -0.433. The Hall–Kier alpha value is -2.13. The molecule has 9 heteroatoms. The van der Waals surface area contributed by atoms with E-state index in [-0.39, 0.29) is 17.0 Å². The van der Waals surface area contributed by atoms with Crippen LogP contribution in [0.3, 0.4) is 0 Å². The molecule has 0 atom stereocenters. The molecule has 0 heterocycles. The van der Waals surface area contributed by atoms with Crippen LogP contribution in [0.1, 0.15) is 40.2 Å². The molecule has 0 saturated heterocycles. The van der Waals surface area contributed by atoms with E-state index >= 15 is 0 Å². The first-order chi connectivity index (χ1) is 12.7. The van der Waals surface area contributed by atoms with Gasteiger partial charge in [-0.25, -0.2) is 12.8 Å². The number of aromatic hydroxyl groups is 2. The summed E-state index contributed by atoms with van der Waals surface area (Å²) >= 11 is 3.13. The van der Waals surface area contributed by atoms with Crippen molar-refractivity contribution in [3.8, 4) is 11.5 Å². The molecule has 27 heavy (non-hydrogen) atoms. The van der Waals surface area contributed by atoms with E-state index < -0.39 is 49.3 Å². The van der Waals surface area contributed by atoms with E-state index in [2.05, 4.69) is 21.2 Å². The third-order valence-electron chi connectivity index (χ3n) is 4.44. The van der Waals surface area contributed by atoms with Gasteiger partial charge in [-0.3, -0.25) is 4.79 Å². The Morgan fingerprint density at radius 2 is 1.96 bits per heavy atom. The van der Waals surface area contributed by atoms with Crippen molar-refractivity contribution in [2.24, 2.45) is 0 Å². The number of sulfone groups is 1. The number of nitrogens with one attached hydrogen (secondary N) is 1. The molecule has 0 unspecified atom stereocenters. The maximum absolute atomic E-state index is 15.0. The van der Waals surface area contributed by atoms with Gasteiger partial charge in [0.2, 0.25) is 0 Å². The van der Waals surface area contributed by atoms with Crippen molar-refractivity contribution in [1.29, 1.82) is 0 Å². The monoisotopic (exact) mass is 457 g/mol. The summed E-state index contributed by atoms with van der Waals surface area (Å²) in [7, 11) is -2.84. The van der Waals surface area contributed by atoms with Gasteiger partial charge in [0.15, 0.2) is 9.84 Å². The van der Waals surface area contributed by atoms with Gasteiger partial charge >= 0.3 is 0 Å². The molecule has 2 aromatic carbocycles. The van der Waals surface area contributed by atoms with Crippen LogP contribution >= 0.6 is 15.9 Å². The lowest BCUT2D eigenvalue weighted by Crippen LogP contribution is -2.20. The van der Waals surface area contributed by atoms with Crippen LogP contribution in [0.4, 0.5) is 4.39 Å². The highest BCUT2D eigenvalue weighted by molar-refractivity contribution is 9.10. The first-order valence-electron chi connectivity index (χ1n) is 8.13. The SMILES string of the molecule is CNC(=O)c1cc(C2CC2)c(F)c(CS(=O)(=O)c2cc(Br)ccc2O)c1O. The third kappa shape index (κ3) is 3.79. The van der Waals surface area contributed by atoms with Crippen molar-refractivity contribution >= 4 is 31.7 Å². The van der Waals surface area contributed by atoms with E-state index in [0.717, 1.165) is 12.8 Å². The lowest BCUT2D eigenvalue weighted by Gasteiger charge is -2.15. The molecule has 0 aromatic heterocycles. The van der Waals surface area contributed by atoms with Crippen LogP contribution in [0.15, 0.2) is 33.6 Å². The summed E-state index contributed by atoms with van der Waals surface area (Å²) in [6.45, 7) is 0. The van der Waals surface area contributed by atoms with Gasteiger partial charge in [0, 0.05) is 17.1 Å². The standard InChI is InChI=1S/C18H17BrFNO5S/c1-21-18(24)12-7-11(9-2-3-9)16(20)13(17(12)23)8-27(25,26)15-6-10(19)4-5-14(15)22/h4-7,9,22-23H,2-3,8H2,1H3,(H,21,24). The van der Waals surface area contributed by atoms with Crippen LogP contribution in [0.25, 0.3) is 0 Å². The van der Waals surface area contributed by atoms with Crippen molar-refractivity contribution in [2.45, 2.75) is 29.4 Å². The van der Waals surface area contributed by atoms with Gasteiger partial charge in [0.05, 0.1) is 11.3 Å². The van der Waals surface area contributed by atoms with Gasteiger partial charge in [-0.05, 0) is 48.6 Å². The van der Waals surface area contributed by atoms with Crippen molar-refractivity contribution in [3.63, 3.8) is 0 Å². The molecule has 0 radical (unpaired) electrons. The van der Waals surface area contributed by atoms with E-state index in [1.54, 1.807) is 0 Å². The average Bonchev–Trinajstić information content (AvgIpc) is 3.45. The van der Waals surface area contributed by atoms with E-state index in [1.807, 2.05) is 0 Å². The Kier molecular flexibility index (Phi) is 5.18. The molecule has 2 aromatic rings. The number of phenols is 2. The summed E-state index contributed by atoms with van der Waals surface area (Å²) < 4.78 is 40.9. The Morgan fingerprint density at radius 3 is 2.56 bits per heavy atom. The molecular formula is C18H17BrFNO5S. The molecule has 0 bridgehead atoms. The van der Waals surface area contributed by atoms with Crippen LogP contribution in [0.5, 0.6) is 11.5 Å². The maximum Gasteiger partial charge on any atom is 0.254 e. The van der Waals surface area contributed by atoms with Crippen molar-refractivity contribution in [2.75, 3.05) is 7.05 Å². The smallest absolute Gasteiger partial charge is 0.254 e. The van der Waals surface area contributed by atoms with Crippen LogP contribution in [-0.2, 0) is 15.6 Å². The molecular weight excluding hydrogens is 441 g/mol. The molecule has 1 aliphatic rings. The number of rotatable bonds is 5. The van der Waals surface area contributed by atoms with E-state index in [9.17, 15) is 27.8 Å². The van der Waals surface area contributed by atoms with Crippen LogP contribution in [0.2, 0.25) is 0 Å². The minimum Gasteiger partial charge on any atom is -0.507 e. The lowest BCUT2D eigenvalue weighted by atomic mass is 10.00. The molecule has 3 N–H and O–H groups in total. The van der Waals surface area contributed by atoms with Gasteiger partial charge in [0.25, 0.3) is 5.91 Å². The molecule has 1 saturated carbocycles. The topological polar surface area (TPSA) is 104 Å². The number of halogens is 2. The third-order valence-corrected chi connectivity index (χ3v) is 6.60. The quantitative estimate of drug-likeness (QED) is 0.639. The molecule has 144 valence electrons. The zero-order valence-electron chi connectivity index (χ0n) is 14.3. The largest absolute Gasteiger partial charge is 0.507 e. The van der Waals surface area contributed by atoms with Gasteiger partial charge in [-0.2, -0.15) is 0 Å². The fourth-order valence-electron chi connectivity index (χ4n) is 2.86. The summed E-state index contributed by atoms with van der Waals surface area (Å²) in [4.78, 5) is 11.6. The molecule has 0 spiro atoms. The summed E-state index contributed by atoms with van der Waals surface area (Å²) in [5.74, 6) is -3.66. The van der Waals surface area contributed by atoms with Crippen molar-refractivity contribution in [3.05, 3.63) is 51.2 Å². The lowest BCUT2D eigenvalue weighted by molar-refractivity contribution is 0.0960. The Bertz CT molecular complexity index is 1030. The Balaban J connectivity index is 2.14. The number of amides is 1. The van der Waals surface area contributed by atoms with Gasteiger partial charge in [-0.15, -0.1) is 0 Å². The highest BCUT2D eigenvalue weighted by Crippen LogP contribution is 2.45. The summed E-state index contributed by atoms with van der Waals surface area (Å²) in [6.07, 6.45) is 1.46. The highest BCUT2D eigenvalue weighted by Gasteiger charge is 2.33. The second-order valence-electron chi connectivity index (χ2n) is 6.38. The number of hydrogen-bond donors (Lipinski definition) is 3. The Labute approximate surface area is 164 Å². The first kappa shape index (κ1) is 19.6. The fraction of sp³-hybridized carbons (Fsp3) is 0.278. The van der Waals surface area contributed by atoms with Gasteiger partial charge in [-0.1, -0.05) is 15.9 Å². The van der Waals surface area contributed by atoms with Crippen LogP contribution in [-0.4, -0.2) is 31.6 Å². The number of carbonyl (C=O) groups is 1. The van der Waals surface area contributed by atoms with E-state index in [0.29, 0.717) is 4.47 Å². The number of benzene rings is 2. The van der Waals surface area contributed by atoms with Crippen LogP contribution in [0, 0.1) is 5.82 Å². The zero-order chi connectivity index (χ0) is 19.9. The van der Waals surface area contributed by atoms with Crippen molar-refractivity contribution < 1.29 is 27.8 Å². The van der Waals surface area contributed by atoms with Crippen molar-refractivity contribution in [1.82, 2.24) is 5.32 Å². The zero-order valence-corrected chi connectivity index (χ0v) is 16.7. The molecule has 3 rings (SSSR count). The minimum atomic E-state index is -4.19. The maximum atomic E-state index is 15.0. The predicted octanol–water partition coefficient (Wildman–Crippen LogP) is 3.21. The molecule has 6 nitrogen and oxygen atoms in total. The highest BCUT2D eigenvalue weighted by atomic mass is 79.9. The Morgan fingerprint density at radius 1 is 1.30 bits per heavy atom. The van der Waals surface area contributed by atoms with E-state index in [1.165, 1.54) is 31.3 Å². The van der Waals surface area contributed by atoms with E-state index in [4.69, 9.17) is 0 Å². The average molecular weight is 458 g/mol. The normalized spacial score (nSPS) is 14.2. The first-order valence-corrected chi connectivity index (χ1v) is 10.6. The summed E-state index contributed by atoms with van der Waals surface area (Å²) in [5, 5.41) is 22.6. The molecule has 1 aliphatic carbocycles. The van der Waals surface area contributed by atoms with Crippen LogP contribution < -0.4 is 5.32 Å². The summed E-state index contributed by atoms with van der Waals surface area (Å²) in [6, 6.07) is 5.13. The molecule has 1 fully saturated rings.